The minimum absolute atomic E-state index is 0.0557. The van der Waals surface area contributed by atoms with Crippen molar-refractivity contribution in [2.75, 3.05) is 7.11 Å². The van der Waals surface area contributed by atoms with Crippen molar-refractivity contribution in [3.05, 3.63) is 12.2 Å². The van der Waals surface area contributed by atoms with Gasteiger partial charge in [-0.05, 0) is 24.8 Å². The first-order valence-corrected chi connectivity index (χ1v) is 4.08. The number of rotatable bonds is 2. The monoisotopic (exact) mass is 170 g/mol. The molecule has 1 aliphatic rings. The molecule has 0 spiro atoms. The summed E-state index contributed by atoms with van der Waals surface area (Å²) < 4.78 is 5.12. The highest BCUT2D eigenvalue weighted by Crippen LogP contribution is 2.29. The number of aliphatic carboxylic acids is 1. The number of hydrogen-bond donors (Lipinski definition) is 1. The third kappa shape index (κ3) is 1.85. The molecule has 0 heterocycles. The standard InChI is InChI=1S/C9H14O3/c1-6-3-4-7(9(10)11)5-8(6)12-2/h7-8H,1,3-5H2,2H3,(H,10,11). The summed E-state index contributed by atoms with van der Waals surface area (Å²) in [5.41, 5.74) is 1.02. The maximum absolute atomic E-state index is 10.6. The van der Waals surface area contributed by atoms with Crippen molar-refractivity contribution in [1.29, 1.82) is 0 Å². The molecule has 0 bridgehead atoms. The predicted octanol–water partition coefficient (Wildman–Crippen LogP) is 1.44. The lowest BCUT2D eigenvalue weighted by Crippen LogP contribution is -2.28. The first kappa shape index (κ1) is 9.26. The third-order valence-corrected chi connectivity index (χ3v) is 2.40. The van der Waals surface area contributed by atoms with Crippen LogP contribution >= 0.6 is 0 Å². The number of hydrogen-bond acceptors (Lipinski definition) is 2. The Bertz CT molecular complexity index is 198. The van der Waals surface area contributed by atoms with E-state index in [1.807, 2.05) is 0 Å². The molecule has 3 heteroatoms. The molecule has 1 N–H and O–H groups in total. The van der Waals surface area contributed by atoms with E-state index in [-0.39, 0.29) is 12.0 Å². The molecule has 1 saturated carbocycles. The summed E-state index contributed by atoms with van der Waals surface area (Å²) in [6.07, 6.45) is 1.99. The largest absolute Gasteiger partial charge is 0.481 e. The van der Waals surface area contributed by atoms with Gasteiger partial charge in [-0.3, -0.25) is 4.79 Å². The molecule has 0 aromatic carbocycles. The van der Waals surface area contributed by atoms with E-state index in [1.54, 1.807) is 7.11 Å². The highest BCUT2D eigenvalue weighted by Gasteiger charge is 2.28. The van der Waals surface area contributed by atoms with Gasteiger partial charge in [-0.25, -0.2) is 0 Å². The van der Waals surface area contributed by atoms with Gasteiger partial charge in [0.15, 0.2) is 0 Å². The SMILES string of the molecule is C=C1CCC(C(=O)O)CC1OC. The van der Waals surface area contributed by atoms with Crippen LogP contribution in [0.4, 0.5) is 0 Å². The van der Waals surface area contributed by atoms with E-state index < -0.39 is 5.97 Å². The minimum atomic E-state index is -0.718. The quantitative estimate of drug-likeness (QED) is 0.638. The molecule has 2 atom stereocenters. The lowest BCUT2D eigenvalue weighted by atomic mass is 9.84. The summed E-state index contributed by atoms with van der Waals surface area (Å²) >= 11 is 0. The molecule has 0 saturated heterocycles. The van der Waals surface area contributed by atoms with Crippen LogP contribution in [0.5, 0.6) is 0 Å². The van der Waals surface area contributed by atoms with Crippen LogP contribution in [0.15, 0.2) is 12.2 Å². The van der Waals surface area contributed by atoms with Crippen molar-refractivity contribution in [2.24, 2.45) is 5.92 Å². The fraction of sp³-hybridized carbons (Fsp3) is 0.667. The first-order valence-electron chi connectivity index (χ1n) is 4.08. The molecular formula is C9H14O3. The summed E-state index contributed by atoms with van der Waals surface area (Å²) in [6.45, 7) is 3.84. The van der Waals surface area contributed by atoms with E-state index >= 15 is 0 Å². The zero-order chi connectivity index (χ0) is 9.14. The molecule has 0 aromatic rings. The number of carboxylic acid groups (broad SMARTS) is 1. The van der Waals surface area contributed by atoms with Crippen LogP contribution in [0.2, 0.25) is 0 Å². The average Bonchev–Trinajstić information content (AvgIpc) is 2.05. The van der Waals surface area contributed by atoms with Crippen LogP contribution < -0.4 is 0 Å². The zero-order valence-corrected chi connectivity index (χ0v) is 7.25. The van der Waals surface area contributed by atoms with Crippen LogP contribution in [0.1, 0.15) is 19.3 Å². The van der Waals surface area contributed by atoms with Gasteiger partial charge in [0.05, 0.1) is 12.0 Å². The Kier molecular flexibility index (Phi) is 2.87. The van der Waals surface area contributed by atoms with Crippen LogP contribution in [0.25, 0.3) is 0 Å². The zero-order valence-electron chi connectivity index (χ0n) is 7.25. The van der Waals surface area contributed by atoms with E-state index in [0.717, 1.165) is 12.0 Å². The van der Waals surface area contributed by atoms with Gasteiger partial charge in [-0.1, -0.05) is 6.58 Å². The highest BCUT2D eigenvalue weighted by molar-refractivity contribution is 5.70. The van der Waals surface area contributed by atoms with Crippen molar-refractivity contribution in [3.8, 4) is 0 Å². The molecule has 3 nitrogen and oxygen atoms in total. The summed E-state index contributed by atoms with van der Waals surface area (Å²) in [6, 6.07) is 0. The Labute approximate surface area is 72.0 Å². The second kappa shape index (κ2) is 3.72. The van der Waals surface area contributed by atoms with Gasteiger partial charge in [0.1, 0.15) is 0 Å². The topological polar surface area (TPSA) is 46.5 Å². The minimum Gasteiger partial charge on any atom is -0.481 e. The fourth-order valence-electron chi connectivity index (χ4n) is 1.55. The second-order valence-corrected chi connectivity index (χ2v) is 3.19. The predicted molar refractivity (Wildman–Crippen MR) is 44.9 cm³/mol. The summed E-state index contributed by atoms with van der Waals surface area (Å²) in [7, 11) is 1.60. The maximum Gasteiger partial charge on any atom is 0.306 e. The number of carbonyl (C=O) groups is 1. The van der Waals surface area contributed by atoms with Crippen molar-refractivity contribution < 1.29 is 14.6 Å². The van der Waals surface area contributed by atoms with Gasteiger partial charge in [-0.15, -0.1) is 0 Å². The third-order valence-electron chi connectivity index (χ3n) is 2.40. The van der Waals surface area contributed by atoms with E-state index in [1.165, 1.54) is 0 Å². The lowest BCUT2D eigenvalue weighted by Gasteiger charge is -2.27. The maximum atomic E-state index is 10.6. The molecule has 0 radical (unpaired) electrons. The lowest BCUT2D eigenvalue weighted by molar-refractivity contribution is -0.143. The smallest absolute Gasteiger partial charge is 0.306 e. The molecule has 1 fully saturated rings. The average molecular weight is 170 g/mol. The van der Waals surface area contributed by atoms with Crippen LogP contribution in [0, 0.1) is 5.92 Å². The Morgan fingerprint density at radius 2 is 2.42 bits per heavy atom. The van der Waals surface area contributed by atoms with Crippen molar-refractivity contribution in [2.45, 2.75) is 25.4 Å². The van der Waals surface area contributed by atoms with Gasteiger partial charge in [0, 0.05) is 7.11 Å². The van der Waals surface area contributed by atoms with E-state index in [0.29, 0.717) is 12.8 Å². The molecule has 12 heavy (non-hydrogen) atoms. The van der Waals surface area contributed by atoms with Crippen molar-refractivity contribution >= 4 is 5.97 Å². The number of ether oxygens (including phenoxy) is 1. The van der Waals surface area contributed by atoms with Gasteiger partial charge < -0.3 is 9.84 Å². The molecule has 2 unspecified atom stereocenters. The summed E-state index contributed by atoms with van der Waals surface area (Å²) in [5, 5.41) is 8.75. The van der Waals surface area contributed by atoms with Crippen LogP contribution in [0.3, 0.4) is 0 Å². The molecule has 0 aromatic heterocycles. The van der Waals surface area contributed by atoms with E-state index in [4.69, 9.17) is 9.84 Å². The Balaban J connectivity index is 2.55. The summed E-state index contributed by atoms with van der Waals surface area (Å²) in [5.74, 6) is -0.968. The van der Waals surface area contributed by atoms with Crippen molar-refractivity contribution in [3.63, 3.8) is 0 Å². The second-order valence-electron chi connectivity index (χ2n) is 3.19. The van der Waals surface area contributed by atoms with Crippen LogP contribution in [-0.4, -0.2) is 24.3 Å². The molecule has 68 valence electrons. The van der Waals surface area contributed by atoms with Gasteiger partial charge >= 0.3 is 5.97 Å². The van der Waals surface area contributed by atoms with Gasteiger partial charge in [-0.2, -0.15) is 0 Å². The van der Waals surface area contributed by atoms with Gasteiger partial charge in [0.2, 0.25) is 0 Å². The van der Waals surface area contributed by atoms with E-state index in [9.17, 15) is 4.79 Å². The number of methoxy groups -OCH3 is 1. The molecule has 0 amide bonds. The Morgan fingerprint density at radius 1 is 1.75 bits per heavy atom. The normalized spacial score (nSPS) is 30.2. The van der Waals surface area contributed by atoms with Gasteiger partial charge in [0.25, 0.3) is 0 Å². The Hall–Kier alpha value is -0.830. The highest BCUT2D eigenvalue weighted by atomic mass is 16.5. The fourth-order valence-corrected chi connectivity index (χ4v) is 1.55. The molecule has 1 aliphatic carbocycles. The first-order chi connectivity index (χ1) is 5.65. The van der Waals surface area contributed by atoms with Crippen molar-refractivity contribution in [1.82, 2.24) is 0 Å². The van der Waals surface area contributed by atoms with E-state index in [2.05, 4.69) is 6.58 Å². The number of carboxylic acids is 1. The Morgan fingerprint density at radius 3 is 2.92 bits per heavy atom. The molecule has 1 rings (SSSR count). The molecular weight excluding hydrogens is 156 g/mol. The summed E-state index contributed by atoms with van der Waals surface area (Å²) in [4.78, 5) is 10.6. The van der Waals surface area contributed by atoms with Crippen LogP contribution in [-0.2, 0) is 9.53 Å². The molecule has 0 aliphatic heterocycles.